The fraction of sp³-hybridized carbons (Fsp3) is 0.579. The van der Waals surface area contributed by atoms with E-state index in [0.29, 0.717) is 5.76 Å². The van der Waals surface area contributed by atoms with E-state index in [-0.39, 0.29) is 41.9 Å². The van der Waals surface area contributed by atoms with Gasteiger partial charge in [0.1, 0.15) is 11.5 Å². The molecule has 0 bridgehead atoms. The molecule has 0 saturated heterocycles. The molecule has 2 aromatic heterocycles. The molecule has 2 fully saturated rings. The normalized spacial score (nSPS) is 22.6. The van der Waals surface area contributed by atoms with Crippen LogP contribution in [0.2, 0.25) is 0 Å². The third-order valence-electron chi connectivity index (χ3n) is 5.37. The molecule has 9 heteroatoms. The Hall–Kier alpha value is -2.84. The Morgan fingerprint density at radius 2 is 2.14 bits per heavy atom. The first kappa shape index (κ1) is 18.5. The summed E-state index contributed by atoms with van der Waals surface area (Å²) >= 11 is 0. The van der Waals surface area contributed by atoms with Crippen molar-refractivity contribution in [2.45, 2.75) is 69.9 Å². The SMILES string of the molecule is Cc1cc(CC(=O)Nc2ncc([C@H]3CC[C@@H](NC(=O)NC4(C)CC4)C3)o2)on1. The number of nitrogens with zero attached hydrogens (tertiary/aromatic N) is 2. The van der Waals surface area contributed by atoms with Crippen molar-refractivity contribution in [1.29, 1.82) is 0 Å². The summed E-state index contributed by atoms with van der Waals surface area (Å²) in [4.78, 5) is 28.3. The highest BCUT2D eigenvalue weighted by Crippen LogP contribution is 2.36. The van der Waals surface area contributed by atoms with Gasteiger partial charge >= 0.3 is 12.0 Å². The van der Waals surface area contributed by atoms with Gasteiger partial charge in [0.05, 0.1) is 18.3 Å². The average molecular weight is 387 g/mol. The molecule has 28 heavy (non-hydrogen) atoms. The molecule has 2 atom stereocenters. The molecule has 9 nitrogen and oxygen atoms in total. The molecule has 2 saturated carbocycles. The number of carbonyl (C=O) groups is 2. The van der Waals surface area contributed by atoms with Gasteiger partial charge < -0.3 is 19.6 Å². The van der Waals surface area contributed by atoms with Crippen molar-refractivity contribution in [3.05, 3.63) is 29.5 Å². The number of rotatable bonds is 6. The van der Waals surface area contributed by atoms with Gasteiger partial charge in [-0.2, -0.15) is 0 Å². The van der Waals surface area contributed by atoms with Gasteiger partial charge in [-0.05, 0) is 46.0 Å². The van der Waals surface area contributed by atoms with E-state index in [9.17, 15) is 9.59 Å². The zero-order valence-electron chi connectivity index (χ0n) is 16.1. The van der Waals surface area contributed by atoms with Gasteiger partial charge in [-0.1, -0.05) is 5.16 Å². The predicted molar refractivity (Wildman–Crippen MR) is 99.8 cm³/mol. The van der Waals surface area contributed by atoms with Crippen LogP contribution in [0.15, 0.2) is 21.2 Å². The van der Waals surface area contributed by atoms with E-state index in [2.05, 4.69) is 33.0 Å². The highest BCUT2D eigenvalue weighted by Gasteiger charge is 2.39. The molecule has 2 aromatic rings. The van der Waals surface area contributed by atoms with Gasteiger partial charge in [0.15, 0.2) is 0 Å². The Morgan fingerprint density at radius 1 is 1.32 bits per heavy atom. The molecule has 0 spiro atoms. The molecule has 2 heterocycles. The van der Waals surface area contributed by atoms with Crippen LogP contribution in [0.25, 0.3) is 0 Å². The van der Waals surface area contributed by atoms with Crippen molar-refractivity contribution in [2.24, 2.45) is 0 Å². The van der Waals surface area contributed by atoms with E-state index < -0.39 is 0 Å². The minimum atomic E-state index is -0.277. The van der Waals surface area contributed by atoms with Crippen molar-refractivity contribution >= 4 is 18.0 Å². The Bertz CT molecular complexity index is 869. The van der Waals surface area contributed by atoms with Crippen molar-refractivity contribution in [3.8, 4) is 0 Å². The number of carbonyl (C=O) groups excluding carboxylic acids is 2. The maximum atomic E-state index is 12.1. The highest BCUT2D eigenvalue weighted by atomic mass is 16.5. The number of nitrogens with one attached hydrogen (secondary N) is 3. The number of aromatic nitrogens is 2. The third kappa shape index (κ3) is 4.52. The van der Waals surface area contributed by atoms with Crippen molar-refractivity contribution < 1.29 is 18.5 Å². The number of hydrogen-bond donors (Lipinski definition) is 3. The van der Waals surface area contributed by atoms with E-state index in [1.54, 1.807) is 19.2 Å². The summed E-state index contributed by atoms with van der Waals surface area (Å²) in [5.74, 6) is 1.12. The van der Waals surface area contributed by atoms with E-state index in [0.717, 1.165) is 43.6 Å². The standard InChI is InChI=1S/C19H25N5O4/c1-11-7-14(28-24-11)9-16(25)22-18-20-10-15(27-18)12-3-4-13(8-12)21-17(26)23-19(2)5-6-19/h7,10,12-13H,3-6,8-9H2,1-2H3,(H,20,22,25)(H2,21,23,26)/t12-,13+/m0/s1. The molecule has 0 aliphatic heterocycles. The predicted octanol–water partition coefficient (Wildman–Crippen LogP) is 2.64. The van der Waals surface area contributed by atoms with Gasteiger partial charge in [0.2, 0.25) is 5.91 Å². The molecular formula is C19H25N5O4. The number of amides is 3. The lowest BCUT2D eigenvalue weighted by atomic mass is 10.1. The molecule has 0 unspecified atom stereocenters. The lowest BCUT2D eigenvalue weighted by Gasteiger charge is -2.16. The molecule has 2 aliphatic rings. The van der Waals surface area contributed by atoms with Crippen LogP contribution in [0, 0.1) is 6.92 Å². The number of urea groups is 1. The van der Waals surface area contributed by atoms with Gasteiger partial charge in [0.25, 0.3) is 0 Å². The minimum absolute atomic E-state index is 0.0233. The topological polar surface area (TPSA) is 122 Å². The summed E-state index contributed by atoms with van der Waals surface area (Å²) in [7, 11) is 0. The van der Waals surface area contributed by atoms with Gasteiger partial charge in [-0.25, -0.2) is 9.78 Å². The molecule has 0 aromatic carbocycles. The zero-order valence-corrected chi connectivity index (χ0v) is 16.1. The summed E-state index contributed by atoms with van der Waals surface area (Å²) in [5.41, 5.74) is 0.704. The molecule has 0 radical (unpaired) electrons. The molecule has 150 valence electrons. The van der Waals surface area contributed by atoms with Crippen LogP contribution < -0.4 is 16.0 Å². The van der Waals surface area contributed by atoms with Crippen molar-refractivity contribution in [1.82, 2.24) is 20.8 Å². The maximum Gasteiger partial charge on any atom is 0.315 e. The number of oxazole rings is 1. The van der Waals surface area contributed by atoms with E-state index in [4.69, 9.17) is 8.94 Å². The van der Waals surface area contributed by atoms with Crippen LogP contribution in [0.5, 0.6) is 0 Å². The van der Waals surface area contributed by atoms with E-state index in [1.165, 1.54) is 0 Å². The van der Waals surface area contributed by atoms with Crippen molar-refractivity contribution in [3.63, 3.8) is 0 Å². The lowest BCUT2D eigenvalue weighted by molar-refractivity contribution is -0.116. The second kappa shape index (κ2) is 7.29. The fourth-order valence-corrected chi connectivity index (χ4v) is 3.53. The zero-order chi connectivity index (χ0) is 19.7. The first-order chi connectivity index (χ1) is 13.4. The average Bonchev–Trinajstić information content (AvgIpc) is 3.05. The third-order valence-corrected chi connectivity index (χ3v) is 5.37. The number of hydrogen-bond acceptors (Lipinski definition) is 6. The van der Waals surface area contributed by atoms with Gasteiger partial charge in [-0.3, -0.25) is 10.1 Å². The summed E-state index contributed by atoms with van der Waals surface area (Å²) in [6, 6.07) is 1.91. The summed E-state index contributed by atoms with van der Waals surface area (Å²) in [5, 5.41) is 12.4. The van der Waals surface area contributed by atoms with Crippen molar-refractivity contribution in [2.75, 3.05) is 5.32 Å². The Kier molecular flexibility index (Phi) is 4.82. The summed E-state index contributed by atoms with van der Waals surface area (Å²) in [6.45, 7) is 3.85. The number of aryl methyl sites for hydroxylation is 1. The van der Waals surface area contributed by atoms with Crippen LogP contribution in [0.1, 0.15) is 62.2 Å². The van der Waals surface area contributed by atoms with Crippen LogP contribution >= 0.6 is 0 Å². The first-order valence-electron chi connectivity index (χ1n) is 9.65. The molecule has 4 rings (SSSR count). The first-order valence-corrected chi connectivity index (χ1v) is 9.65. The highest BCUT2D eigenvalue weighted by molar-refractivity contribution is 5.89. The van der Waals surface area contributed by atoms with E-state index in [1.807, 2.05) is 0 Å². The van der Waals surface area contributed by atoms with Gasteiger partial charge in [-0.15, -0.1) is 0 Å². The minimum Gasteiger partial charge on any atom is -0.428 e. The van der Waals surface area contributed by atoms with E-state index >= 15 is 0 Å². The fourth-order valence-electron chi connectivity index (χ4n) is 3.53. The number of anilines is 1. The van der Waals surface area contributed by atoms with Gasteiger partial charge in [0, 0.05) is 23.6 Å². The lowest BCUT2D eigenvalue weighted by Crippen LogP contribution is -2.45. The smallest absolute Gasteiger partial charge is 0.315 e. The molecule has 2 aliphatic carbocycles. The van der Waals surface area contributed by atoms with Crippen LogP contribution in [-0.4, -0.2) is 33.7 Å². The summed E-state index contributed by atoms with van der Waals surface area (Å²) in [6.07, 6.45) is 6.38. The maximum absolute atomic E-state index is 12.1. The molecular weight excluding hydrogens is 362 g/mol. The second-order valence-electron chi connectivity index (χ2n) is 8.09. The largest absolute Gasteiger partial charge is 0.428 e. The quantitative estimate of drug-likeness (QED) is 0.700. The second-order valence-corrected chi connectivity index (χ2v) is 8.09. The Morgan fingerprint density at radius 3 is 2.86 bits per heavy atom. The summed E-state index contributed by atoms with van der Waals surface area (Å²) < 4.78 is 10.7. The Balaban J connectivity index is 1.26. The Labute approximate surface area is 162 Å². The monoisotopic (exact) mass is 387 g/mol. The molecule has 3 N–H and O–H groups in total. The van der Waals surface area contributed by atoms with Crippen LogP contribution in [0.4, 0.5) is 10.8 Å². The van der Waals surface area contributed by atoms with Crippen LogP contribution in [-0.2, 0) is 11.2 Å². The van der Waals surface area contributed by atoms with Crippen LogP contribution in [0.3, 0.4) is 0 Å². The molecule has 3 amide bonds.